The van der Waals surface area contributed by atoms with Gasteiger partial charge in [0.25, 0.3) is 0 Å². The predicted octanol–water partition coefficient (Wildman–Crippen LogP) is 5.72. The molecule has 1 fully saturated rings. The third kappa shape index (κ3) is 5.20. The summed E-state index contributed by atoms with van der Waals surface area (Å²) in [6.07, 6.45) is 5.13. The van der Waals surface area contributed by atoms with Gasteiger partial charge in [0.05, 0.1) is 6.04 Å². The molecule has 0 spiro atoms. The van der Waals surface area contributed by atoms with Crippen LogP contribution in [0, 0.1) is 5.92 Å². The molecular formula is C30H34N2O. The number of hydrogen-bond acceptors (Lipinski definition) is 2. The fraction of sp³-hybridized carbons (Fsp3) is 0.367. The van der Waals surface area contributed by atoms with Crippen molar-refractivity contribution in [3.05, 3.63) is 107 Å². The molecule has 1 atom stereocenters. The molecular weight excluding hydrogens is 404 g/mol. The Morgan fingerprint density at radius 1 is 0.818 bits per heavy atom. The van der Waals surface area contributed by atoms with Crippen LogP contribution in [-0.4, -0.2) is 30.4 Å². The smallest absolute Gasteiger partial charge is 0.223 e. The number of rotatable bonds is 7. The highest BCUT2D eigenvalue weighted by atomic mass is 16.1. The zero-order valence-corrected chi connectivity index (χ0v) is 19.3. The number of fused-ring (bicyclic) bond motifs is 1. The minimum Gasteiger partial charge on any atom is -0.349 e. The first-order valence-corrected chi connectivity index (χ1v) is 12.5. The van der Waals surface area contributed by atoms with E-state index in [-0.39, 0.29) is 17.9 Å². The highest BCUT2D eigenvalue weighted by Gasteiger charge is 2.29. The average molecular weight is 439 g/mol. The van der Waals surface area contributed by atoms with Crippen LogP contribution in [0.5, 0.6) is 0 Å². The van der Waals surface area contributed by atoms with Crippen LogP contribution < -0.4 is 5.32 Å². The zero-order valence-electron chi connectivity index (χ0n) is 19.3. The van der Waals surface area contributed by atoms with Gasteiger partial charge in [0, 0.05) is 11.8 Å². The van der Waals surface area contributed by atoms with Gasteiger partial charge < -0.3 is 10.2 Å². The molecule has 3 aromatic carbocycles. The maximum Gasteiger partial charge on any atom is 0.223 e. The second kappa shape index (κ2) is 10.4. The summed E-state index contributed by atoms with van der Waals surface area (Å²) in [7, 11) is 0. The molecule has 0 aromatic heterocycles. The van der Waals surface area contributed by atoms with E-state index in [0.29, 0.717) is 5.92 Å². The van der Waals surface area contributed by atoms with Crippen molar-refractivity contribution in [3.8, 4) is 0 Å². The molecule has 5 rings (SSSR count). The lowest BCUT2D eigenvalue weighted by Crippen LogP contribution is -2.41. The molecule has 2 aliphatic rings. The number of nitrogens with one attached hydrogen (secondary N) is 1. The van der Waals surface area contributed by atoms with E-state index in [1.54, 1.807) is 0 Å². The Morgan fingerprint density at radius 2 is 1.42 bits per heavy atom. The van der Waals surface area contributed by atoms with Crippen molar-refractivity contribution in [2.75, 3.05) is 19.6 Å². The molecule has 170 valence electrons. The monoisotopic (exact) mass is 438 g/mol. The van der Waals surface area contributed by atoms with Gasteiger partial charge in [0.2, 0.25) is 5.91 Å². The Bertz CT molecular complexity index is 1000. The van der Waals surface area contributed by atoms with E-state index >= 15 is 0 Å². The van der Waals surface area contributed by atoms with Crippen molar-refractivity contribution in [2.45, 2.75) is 44.1 Å². The lowest BCUT2D eigenvalue weighted by Gasteiger charge is -2.33. The van der Waals surface area contributed by atoms with Crippen molar-refractivity contribution < 1.29 is 4.79 Å². The summed E-state index contributed by atoms with van der Waals surface area (Å²) in [5, 5.41) is 3.36. The van der Waals surface area contributed by atoms with Gasteiger partial charge >= 0.3 is 0 Å². The van der Waals surface area contributed by atoms with Crippen LogP contribution in [0.3, 0.4) is 0 Å². The van der Waals surface area contributed by atoms with Crippen LogP contribution in [-0.2, 0) is 11.2 Å². The summed E-state index contributed by atoms with van der Waals surface area (Å²) >= 11 is 0. The van der Waals surface area contributed by atoms with E-state index in [9.17, 15) is 4.79 Å². The van der Waals surface area contributed by atoms with Gasteiger partial charge in [-0.3, -0.25) is 4.79 Å². The van der Waals surface area contributed by atoms with E-state index in [2.05, 4.69) is 95.1 Å². The molecule has 1 amide bonds. The molecule has 1 saturated heterocycles. The first-order chi connectivity index (χ1) is 16.3. The van der Waals surface area contributed by atoms with E-state index in [0.717, 1.165) is 51.7 Å². The lowest BCUT2D eigenvalue weighted by atomic mass is 9.88. The molecule has 3 heteroatoms. The summed E-state index contributed by atoms with van der Waals surface area (Å²) in [6, 6.07) is 30.5. The summed E-state index contributed by atoms with van der Waals surface area (Å²) < 4.78 is 0. The second-order valence-electron chi connectivity index (χ2n) is 9.58. The van der Waals surface area contributed by atoms with Crippen molar-refractivity contribution in [1.82, 2.24) is 10.2 Å². The number of amides is 1. The Kier molecular flexibility index (Phi) is 6.87. The summed E-state index contributed by atoms with van der Waals surface area (Å²) in [5.41, 5.74) is 5.48. The van der Waals surface area contributed by atoms with Gasteiger partial charge in [-0.05, 0) is 74.0 Å². The standard InChI is InChI=1S/C30H34N2O/c33-30(31-29-16-15-25-13-7-8-14-28(25)29)26-17-20-32(21-18-26)22-19-27(23-9-3-1-4-10-23)24-11-5-2-6-12-24/h1-14,26-27,29H,15-22H2,(H,31,33). The van der Waals surface area contributed by atoms with Crippen LogP contribution in [0.25, 0.3) is 0 Å². The van der Waals surface area contributed by atoms with E-state index in [1.165, 1.54) is 22.3 Å². The Morgan fingerprint density at radius 3 is 2.09 bits per heavy atom. The van der Waals surface area contributed by atoms with E-state index in [4.69, 9.17) is 0 Å². The number of aryl methyl sites for hydroxylation is 1. The van der Waals surface area contributed by atoms with E-state index in [1.807, 2.05) is 0 Å². The van der Waals surface area contributed by atoms with Crippen molar-refractivity contribution in [1.29, 1.82) is 0 Å². The molecule has 1 unspecified atom stereocenters. The van der Waals surface area contributed by atoms with Gasteiger partial charge in [0.15, 0.2) is 0 Å². The number of piperidine rings is 1. The maximum absolute atomic E-state index is 13.0. The second-order valence-corrected chi connectivity index (χ2v) is 9.58. The quantitative estimate of drug-likeness (QED) is 0.511. The molecule has 33 heavy (non-hydrogen) atoms. The Hall–Kier alpha value is -2.91. The number of carbonyl (C=O) groups excluding carboxylic acids is 1. The SMILES string of the molecule is O=C(NC1CCc2ccccc21)C1CCN(CCC(c2ccccc2)c2ccccc2)CC1. The van der Waals surface area contributed by atoms with Gasteiger partial charge in [-0.2, -0.15) is 0 Å². The topological polar surface area (TPSA) is 32.3 Å². The van der Waals surface area contributed by atoms with E-state index < -0.39 is 0 Å². The van der Waals surface area contributed by atoms with Crippen LogP contribution in [0.4, 0.5) is 0 Å². The number of likely N-dealkylation sites (tertiary alicyclic amines) is 1. The minimum absolute atomic E-state index is 0.146. The third-order valence-corrected chi connectivity index (χ3v) is 7.55. The molecule has 3 aromatic rings. The van der Waals surface area contributed by atoms with Crippen LogP contribution in [0.1, 0.15) is 59.9 Å². The zero-order chi connectivity index (χ0) is 22.5. The molecule has 0 saturated carbocycles. The van der Waals surface area contributed by atoms with Gasteiger partial charge in [0.1, 0.15) is 0 Å². The molecule has 0 radical (unpaired) electrons. The van der Waals surface area contributed by atoms with Crippen molar-refractivity contribution in [3.63, 3.8) is 0 Å². The first kappa shape index (κ1) is 21.9. The molecule has 1 N–H and O–H groups in total. The molecule has 0 bridgehead atoms. The molecule has 1 heterocycles. The number of carbonyl (C=O) groups is 1. The maximum atomic E-state index is 13.0. The first-order valence-electron chi connectivity index (χ1n) is 12.5. The largest absolute Gasteiger partial charge is 0.349 e. The van der Waals surface area contributed by atoms with Crippen LogP contribution in [0.2, 0.25) is 0 Å². The number of nitrogens with zero attached hydrogens (tertiary/aromatic N) is 1. The number of hydrogen-bond donors (Lipinski definition) is 1. The average Bonchev–Trinajstić information content (AvgIpc) is 3.28. The predicted molar refractivity (Wildman–Crippen MR) is 134 cm³/mol. The normalized spacial score (nSPS) is 18.9. The van der Waals surface area contributed by atoms with Gasteiger partial charge in [-0.1, -0.05) is 84.9 Å². The fourth-order valence-corrected chi connectivity index (χ4v) is 5.62. The molecule has 3 nitrogen and oxygen atoms in total. The summed E-state index contributed by atoms with van der Waals surface area (Å²) in [4.78, 5) is 15.5. The number of benzene rings is 3. The van der Waals surface area contributed by atoms with Crippen molar-refractivity contribution >= 4 is 5.91 Å². The molecule has 1 aliphatic heterocycles. The molecule has 1 aliphatic carbocycles. The fourth-order valence-electron chi connectivity index (χ4n) is 5.62. The van der Waals surface area contributed by atoms with Gasteiger partial charge in [-0.15, -0.1) is 0 Å². The highest BCUT2D eigenvalue weighted by Crippen LogP contribution is 2.32. The summed E-state index contributed by atoms with van der Waals surface area (Å²) in [5.74, 6) is 0.812. The van der Waals surface area contributed by atoms with Gasteiger partial charge in [-0.25, -0.2) is 0 Å². The summed E-state index contributed by atoms with van der Waals surface area (Å²) in [6.45, 7) is 3.09. The third-order valence-electron chi connectivity index (χ3n) is 7.55. The lowest BCUT2D eigenvalue weighted by molar-refractivity contribution is -0.127. The van der Waals surface area contributed by atoms with Crippen LogP contribution >= 0.6 is 0 Å². The minimum atomic E-state index is 0.146. The Labute approximate surface area is 197 Å². The van der Waals surface area contributed by atoms with Crippen LogP contribution in [0.15, 0.2) is 84.9 Å². The van der Waals surface area contributed by atoms with Crippen molar-refractivity contribution in [2.24, 2.45) is 5.92 Å². The Balaban J connectivity index is 1.14. The highest BCUT2D eigenvalue weighted by molar-refractivity contribution is 5.79.